The molecule has 0 bridgehead atoms. The zero-order chi connectivity index (χ0) is 15.8. The minimum Gasteiger partial charge on any atom is -0.505 e. The van der Waals surface area contributed by atoms with Crippen molar-refractivity contribution in [2.24, 2.45) is 0 Å². The van der Waals surface area contributed by atoms with E-state index in [2.05, 4.69) is 9.97 Å². The van der Waals surface area contributed by atoms with Crippen molar-refractivity contribution in [3.63, 3.8) is 0 Å². The predicted molar refractivity (Wildman–Crippen MR) is 70.4 cm³/mol. The van der Waals surface area contributed by atoms with Crippen molar-refractivity contribution in [1.29, 1.82) is 0 Å². The van der Waals surface area contributed by atoms with Crippen LogP contribution >= 0.6 is 0 Å². The van der Waals surface area contributed by atoms with E-state index >= 15 is 0 Å². The molecule has 0 radical (unpaired) electrons. The summed E-state index contributed by atoms with van der Waals surface area (Å²) in [5.74, 6) is -1.94. The third-order valence-electron chi connectivity index (χ3n) is 2.73. The summed E-state index contributed by atoms with van der Waals surface area (Å²) in [4.78, 5) is 32.1. The van der Waals surface area contributed by atoms with Gasteiger partial charge in [0.15, 0.2) is 5.75 Å². The molecule has 2 amide bonds. The Labute approximate surface area is 120 Å². The lowest BCUT2D eigenvalue weighted by Gasteiger charge is -2.31. The molecule has 114 valence electrons. The summed E-state index contributed by atoms with van der Waals surface area (Å²) in [5.41, 5.74) is 0. The van der Waals surface area contributed by atoms with E-state index in [9.17, 15) is 18.0 Å². The van der Waals surface area contributed by atoms with Gasteiger partial charge in [0.2, 0.25) is 5.95 Å². The number of anilines is 1. The van der Waals surface area contributed by atoms with Gasteiger partial charge in [-0.25, -0.2) is 14.9 Å². The molecule has 10 nitrogen and oxygen atoms in total. The molecule has 1 N–H and O–H groups in total. The summed E-state index contributed by atoms with van der Waals surface area (Å²) < 4.78 is 25.5. The molecule has 2 rings (SSSR count). The summed E-state index contributed by atoms with van der Waals surface area (Å²) in [6, 6.07) is 0. The van der Waals surface area contributed by atoms with E-state index in [0.717, 1.165) is 21.0 Å². The number of amides is 2. The van der Waals surface area contributed by atoms with E-state index in [1.807, 2.05) is 0 Å². The summed E-state index contributed by atoms with van der Waals surface area (Å²) in [7, 11) is -1.25. The fraction of sp³-hybridized carbons (Fsp3) is 0.400. The number of aromatic hydroxyl groups is 1. The highest BCUT2D eigenvalue weighted by Gasteiger charge is 2.39. The molecule has 21 heavy (non-hydrogen) atoms. The summed E-state index contributed by atoms with van der Waals surface area (Å²) >= 11 is 0. The molecule has 1 aromatic rings. The van der Waals surface area contributed by atoms with Crippen molar-refractivity contribution in [3.05, 3.63) is 12.4 Å². The van der Waals surface area contributed by atoms with Crippen molar-refractivity contribution in [2.75, 3.05) is 32.1 Å². The zero-order valence-electron chi connectivity index (χ0n) is 11.3. The fourth-order valence-corrected chi connectivity index (χ4v) is 2.69. The number of nitrogens with zero attached hydrogens (tertiary/aromatic N) is 5. The van der Waals surface area contributed by atoms with Crippen LogP contribution in [0.15, 0.2) is 12.4 Å². The molecule has 0 aliphatic carbocycles. The lowest BCUT2D eigenvalue weighted by atomic mass is 10.3. The second-order valence-electron chi connectivity index (χ2n) is 4.42. The second kappa shape index (κ2) is 5.35. The number of piperazine rings is 1. The average molecular weight is 315 g/mol. The third-order valence-corrected chi connectivity index (χ3v) is 4.57. The predicted octanol–water partition coefficient (Wildman–Crippen LogP) is -1.84. The monoisotopic (exact) mass is 315 g/mol. The Hall–Kier alpha value is -2.11. The first-order valence-corrected chi connectivity index (χ1v) is 7.17. The molecule has 0 saturated carbocycles. The third kappa shape index (κ3) is 2.84. The SMILES string of the molecule is CN(C)S(=O)(=O)N1CC(=O)N(c2ncc(O)cn2)C(=O)C1. The van der Waals surface area contributed by atoms with Crippen molar-refractivity contribution < 1.29 is 23.1 Å². The molecular weight excluding hydrogens is 302 g/mol. The molecular formula is C10H13N5O5S. The van der Waals surface area contributed by atoms with Crippen LogP contribution in [0.5, 0.6) is 5.75 Å². The van der Waals surface area contributed by atoms with Gasteiger partial charge in [-0.15, -0.1) is 0 Å². The molecule has 0 atom stereocenters. The van der Waals surface area contributed by atoms with Gasteiger partial charge in [-0.3, -0.25) is 9.59 Å². The molecule has 1 saturated heterocycles. The van der Waals surface area contributed by atoms with Gasteiger partial charge in [0.25, 0.3) is 22.0 Å². The Morgan fingerprint density at radius 1 is 1.14 bits per heavy atom. The van der Waals surface area contributed by atoms with Crippen molar-refractivity contribution in [3.8, 4) is 5.75 Å². The first-order chi connectivity index (χ1) is 9.73. The van der Waals surface area contributed by atoms with E-state index in [-0.39, 0.29) is 11.7 Å². The maximum Gasteiger partial charge on any atom is 0.282 e. The van der Waals surface area contributed by atoms with Crippen LogP contribution in [-0.2, 0) is 19.8 Å². The Morgan fingerprint density at radius 2 is 1.62 bits per heavy atom. The number of rotatable bonds is 3. The van der Waals surface area contributed by atoms with Gasteiger partial charge in [0, 0.05) is 14.1 Å². The molecule has 2 heterocycles. The first kappa shape index (κ1) is 15.3. The maximum absolute atomic E-state index is 12.0. The quantitative estimate of drug-likeness (QED) is 0.650. The minimum absolute atomic E-state index is 0.204. The van der Waals surface area contributed by atoms with Crippen molar-refractivity contribution in [2.45, 2.75) is 0 Å². The van der Waals surface area contributed by atoms with Gasteiger partial charge < -0.3 is 5.11 Å². The number of carbonyl (C=O) groups excluding carboxylic acids is 2. The molecule has 0 unspecified atom stereocenters. The Morgan fingerprint density at radius 3 is 2.05 bits per heavy atom. The number of carbonyl (C=O) groups is 2. The molecule has 1 fully saturated rings. The topological polar surface area (TPSA) is 124 Å². The van der Waals surface area contributed by atoms with Gasteiger partial charge >= 0.3 is 0 Å². The molecule has 0 spiro atoms. The number of aromatic nitrogens is 2. The Kier molecular flexibility index (Phi) is 3.89. The maximum atomic E-state index is 12.0. The van der Waals surface area contributed by atoms with Crippen molar-refractivity contribution >= 4 is 28.0 Å². The summed E-state index contributed by atoms with van der Waals surface area (Å²) in [6.45, 7) is -0.979. The van der Waals surface area contributed by atoms with Crippen LogP contribution in [0.25, 0.3) is 0 Å². The molecule has 1 aliphatic rings. The highest BCUT2D eigenvalue weighted by molar-refractivity contribution is 7.86. The minimum atomic E-state index is -3.86. The largest absolute Gasteiger partial charge is 0.505 e. The molecule has 11 heteroatoms. The Balaban J connectivity index is 2.27. The number of imide groups is 1. The van der Waals surface area contributed by atoms with Gasteiger partial charge in [-0.2, -0.15) is 17.0 Å². The van der Waals surface area contributed by atoms with Crippen LogP contribution < -0.4 is 4.90 Å². The Bertz CT molecular complexity index is 654. The lowest BCUT2D eigenvalue weighted by molar-refractivity contribution is -0.130. The first-order valence-electron chi connectivity index (χ1n) is 5.78. The van der Waals surface area contributed by atoms with Crippen LogP contribution in [0.2, 0.25) is 0 Å². The van der Waals surface area contributed by atoms with Gasteiger partial charge in [0.05, 0.1) is 25.5 Å². The standard InChI is InChI=1S/C10H13N5O5S/c1-13(2)21(19,20)14-5-8(17)15(9(18)6-14)10-11-3-7(16)4-12-10/h3-4,16H,5-6H2,1-2H3. The van der Waals surface area contributed by atoms with Crippen molar-refractivity contribution in [1.82, 2.24) is 18.6 Å². The molecule has 1 aliphatic heterocycles. The van der Waals surface area contributed by atoms with E-state index in [1.165, 1.54) is 14.1 Å². The van der Waals surface area contributed by atoms with E-state index < -0.39 is 35.1 Å². The van der Waals surface area contributed by atoms with Crippen LogP contribution in [0.3, 0.4) is 0 Å². The summed E-state index contributed by atoms with van der Waals surface area (Å²) in [5, 5.41) is 9.09. The smallest absolute Gasteiger partial charge is 0.282 e. The van der Waals surface area contributed by atoms with Crippen LogP contribution in [-0.4, -0.2) is 71.1 Å². The van der Waals surface area contributed by atoms with Gasteiger partial charge in [-0.1, -0.05) is 0 Å². The van der Waals surface area contributed by atoms with Gasteiger partial charge in [-0.05, 0) is 0 Å². The highest BCUT2D eigenvalue weighted by Crippen LogP contribution is 2.17. The second-order valence-corrected chi connectivity index (χ2v) is 6.56. The van der Waals surface area contributed by atoms with E-state index in [0.29, 0.717) is 4.90 Å². The van der Waals surface area contributed by atoms with Gasteiger partial charge in [0.1, 0.15) is 0 Å². The summed E-state index contributed by atoms with van der Waals surface area (Å²) in [6.07, 6.45) is 2.07. The highest BCUT2D eigenvalue weighted by atomic mass is 32.2. The zero-order valence-corrected chi connectivity index (χ0v) is 12.1. The van der Waals surface area contributed by atoms with Crippen LogP contribution in [0.4, 0.5) is 5.95 Å². The number of hydrogen-bond donors (Lipinski definition) is 1. The normalized spacial score (nSPS) is 17.6. The molecule has 0 aromatic carbocycles. The van der Waals surface area contributed by atoms with E-state index in [1.54, 1.807) is 0 Å². The van der Waals surface area contributed by atoms with Crippen LogP contribution in [0, 0.1) is 0 Å². The van der Waals surface area contributed by atoms with E-state index in [4.69, 9.17) is 5.11 Å². The lowest BCUT2D eigenvalue weighted by Crippen LogP contribution is -2.58. The van der Waals surface area contributed by atoms with Crippen LogP contribution in [0.1, 0.15) is 0 Å². The molecule has 1 aromatic heterocycles. The average Bonchev–Trinajstić information content (AvgIpc) is 2.39. The number of hydrogen-bond acceptors (Lipinski definition) is 7. The fourth-order valence-electron chi connectivity index (χ4n) is 1.69.